The molecule has 0 bridgehead atoms. The third-order valence-corrected chi connectivity index (χ3v) is 6.28. The topological polar surface area (TPSA) is 46.6 Å². The van der Waals surface area contributed by atoms with Crippen LogP contribution in [0.3, 0.4) is 0 Å². The lowest BCUT2D eigenvalue weighted by atomic mass is 10.1. The Morgan fingerprint density at radius 1 is 1.37 bits per heavy atom. The first-order valence-corrected chi connectivity index (χ1v) is 10.3. The predicted molar refractivity (Wildman–Crippen MR) is 108 cm³/mol. The fourth-order valence-electron chi connectivity index (χ4n) is 2.80. The molecule has 0 aliphatic carbocycles. The van der Waals surface area contributed by atoms with Crippen LogP contribution in [-0.2, 0) is 20.9 Å². The number of hydrogen-bond acceptors (Lipinski definition) is 4. The minimum absolute atomic E-state index is 0.0468. The molecule has 0 N–H and O–H groups in total. The van der Waals surface area contributed by atoms with Crippen LogP contribution in [0.4, 0.5) is 10.1 Å². The van der Waals surface area contributed by atoms with Crippen LogP contribution in [0.2, 0.25) is 5.02 Å². The van der Waals surface area contributed by atoms with Gasteiger partial charge in [-0.25, -0.2) is 4.39 Å². The number of halogens is 3. The number of hydrogen-bond donors (Lipinski definition) is 0. The van der Waals surface area contributed by atoms with Gasteiger partial charge in [-0.1, -0.05) is 39.7 Å². The van der Waals surface area contributed by atoms with Gasteiger partial charge in [0.05, 0.1) is 40.4 Å². The molecule has 0 saturated heterocycles. The van der Waals surface area contributed by atoms with Crippen molar-refractivity contribution in [2.45, 2.75) is 30.0 Å². The third kappa shape index (κ3) is 4.47. The predicted octanol–water partition coefficient (Wildman–Crippen LogP) is 5.20. The van der Waals surface area contributed by atoms with Crippen molar-refractivity contribution in [3.8, 4) is 0 Å². The number of nitrogens with zero attached hydrogens (tertiary/aromatic N) is 1. The molecule has 0 spiro atoms. The summed E-state index contributed by atoms with van der Waals surface area (Å²) in [7, 11) is 0. The average molecular weight is 473 g/mol. The molecule has 27 heavy (non-hydrogen) atoms. The van der Waals surface area contributed by atoms with Crippen LogP contribution in [0.1, 0.15) is 18.9 Å². The van der Waals surface area contributed by atoms with Gasteiger partial charge >= 0.3 is 5.97 Å². The minimum Gasteiger partial charge on any atom is -0.466 e. The van der Waals surface area contributed by atoms with Crippen LogP contribution in [-0.4, -0.2) is 23.7 Å². The smallest absolute Gasteiger partial charge is 0.307 e. The third-order valence-electron chi connectivity index (χ3n) is 4.04. The van der Waals surface area contributed by atoms with Gasteiger partial charge in [-0.2, -0.15) is 0 Å². The van der Waals surface area contributed by atoms with Gasteiger partial charge < -0.3 is 9.64 Å². The maximum Gasteiger partial charge on any atom is 0.307 e. The van der Waals surface area contributed by atoms with Gasteiger partial charge in [0.2, 0.25) is 5.91 Å². The summed E-state index contributed by atoms with van der Waals surface area (Å²) in [5.74, 6) is -1.14. The second kappa shape index (κ2) is 8.63. The van der Waals surface area contributed by atoms with Crippen molar-refractivity contribution in [2.75, 3.05) is 11.5 Å². The molecule has 1 atom stereocenters. The highest BCUT2D eigenvalue weighted by Crippen LogP contribution is 2.45. The van der Waals surface area contributed by atoms with Crippen LogP contribution in [0.25, 0.3) is 0 Å². The van der Waals surface area contributed by atoms with Crippen LogP contribution < -0.4 is 4.90 Å². The number of thioether (sulfide) groups is 1. The highest BCUT2D eigenvalue weighted by atomic mass is 79.9. The summed E-state index contributed by atoms with van der Waals surface area (Å²) in [5, 5.41) is -0.185. The lowest BCUT2D eigenvalue weighted by molar-refractivity contribution is -0.144. The number of benzene rings is 2. The molecule has 4 nitrogen and oxygen atoms in total. The highest BCUT2D eigenvalue weighted by Gasteiger charge is 2.36. The molecule has 1 heterocycles. The van der Waals surface area contributed by atoms with E-state index in [-0.39, 0.29) is 25.5 Å². The van der Waals surface area contributed by atoms with Crippen molar-refractivity contribution in [1.29, 1.82) is 0 Å². The van der Waals surface area contributed by atoms with Gasteiger partial charge in [0, 0.05) is 10.0 Å². The number of amides is 1. The molecule has 1 amide bonds. The zero-order valence-electron chi connectivity index (χ0n) is 14.4. The summed E-state index contributed by atoms with van der Waals surface area (Å²) in [6, 6.07) is 9.93. The monoisotopic (exact) mass is 471 g/mol. The molecule has 0 radical (unpaired) electrons. The van der Waals surface area contributed by atoms with E-state index >= 15 is 0 Å². The summed E-state index contributed by atoms with van der Waals surface area (Å²) in [6.07, 6.45) is -0.0681. The van der Waals surface area contributed by atoms with Crippen molar-refractivity contribution in [3.63, 3.8) is 0 Å². The fraction of sp³-hybridized carbons (Fsp3) is 0.263. The molecule has 3 rings (SSSR count). The minimum atomic E-state index is -0.671. The van der Waals surface area contributed by atoms with Gasteiger partial charge in [0.15, 0.2) is 0 Å². The number of carbonyl (C=O) groups is 2. The Bertz CT molecular complexity index is 895. The number of ether oxygens (including phenoxy) is 1. The zero-order chi connectivity index (χ0) is 19.6. The normalized spacial score (nSPS) is 16.2. The number of carbonyl (C=O) groups excluding carboxylic acids is 2. The van der Waals surface area contributed by atoms with Crippen molar-refractivity contribution < 1.29 is 18.7 Å². The van der Waals surface area contributed by atoms with Crippen LogP contribution in [0.15, 0.2) is 45.8 Å². The number of rotatable bonds is 5. The van der Waals surface area contributed by atoms with E-state index in [4.69, 9.17) is 16.3 Å². The van der Waals surface area contributed by atoms with Crippen LogP contribution >= 0.6 is 39.3 Å². The SMILES string of the molecule is CCOC(=O)CC1Sc2c(Cl)cccc2N(Cc2ccc(Br)cc2F)C1=O. The maximum atomic E-state index is 14.3. The summed E-state index contributed by atoms with van der Waals surface area (Å²) in [6.45, 7) is 2.00. The van der Waals surface area contributed by atoms with E-state index in [1.807, 2.05) is 0 Å². The second-order valence-electron chi connectivity index (χ2n) is 5.86. The Morgan fingerprint density at radius 2 is 2.15 bits per heavy atom. The highest BCUT2D eigenvalue weighted by molar-refractivity contribution is 9.10. The van der Waals surface area contributed by atoms with E-state index < -0.39 is 17.0 Å². The molecule has 8 heteroatoms. The van der Waals surface area contributed by atoms with Crippen molar-refractivity contribution >= 4 is 56.9 Å². The van der Waals surface area contributed by atoms with Gasteiger partial charge in [0.1, 0.15) is 5.82 Å². The first kappa shape index (κ1) is 20.2. The molecule has 1 aliphatic heterocycles. The molecule has 0 fully saturated rings. The Hall–Kier alpha value is -1.57. The van der Waals surface area contributed by atoms with Gasteiger partial charge in [-0.3, -0.25) is 9.59 Å². The van der Waals surface area contributed by atoms with E-state index in [2.05, 4.69) is 15.9 Å². The molecule has 0 aromatic heterocycles. The quantitative estimate of drug-likeness (QED) is 0.561. The largest absolute Gasteiger partial charge is 0.466 e. The van der Waals surface area contributed by atoms with E-state index in [0.717, 1.165) is 0 Å². The summed E-state index contributed by atoms with van der Waals surface area (Å²) in [5.41, 5.74) is 0.985. The first-order valence-electron chi connectivity index (χ1n) is 8.26. The van der Waals surface area contributed by atoms with Gasteiger partial charge in [-0.05, 0) is 31.2 Å². The second-order valence-corrected chi connectivity index (χ2v) is 8.40. The molecular weight excluding hydrogens is 457 g/mol. The Labute approximate surface area is 174 Å². The standard InChI is InChI=1S/C19H16BrClFNO3S/c1-2-26-17(24)9-16-19(25)23(10-11-6-7-12(20)8-14(11)22)15-5-3-4-13(21)18(15)27-16/h3-8,16H,2,9-10H2,1H3. The molecule has 2 aromatic carbocycles. The Balaban J connectivity index is 1.96. The van der Waals surface area contributed by atoms with Crippen LogP contribution in [0.5, 0.6) is 0 Å². The first-order chi connectivity index (χ1) is 12.9. The lowest BCUT2D eigenvalue weighted by Gasteiger charge is -2.34. The van der Waals surface area contributed by atoms with E-state index in [0.29, 0.717) is 25.6 Å². The lowest BCUT2D eigenvalue weighted by Crippen LogP contribution is -2.41. The van der Waals surface area contributed by atoms with Gasteiger partial charge in [-0.15, -0.1) is 11.8 Å². The maximum absolute atomic E-state index is 14.3. The van der Waals surface area contributed by atoms with Crippen molar-refractivity contribution in [3.05, 3.63) is 57.3 Å². The van der Waals surface area contributed by atoms with Crippen LogP contribution in [0, 0.1) is 5.82 Å². The summed E-state index contributed by atoms with van der Waals surface area (Å²) in [4.78, 5) is 27.1. The molecule has 1 unspecified atom stereocenters. The van der Waals surface area contributed by atoms with Crippen molar-refractivity contribution in [1.82, 2.24) is 0 Å². The van der Waals surface area contributed by atoms with E-state index in [9.17, 15) is 14.0 Å². The molecule has 2 aromatic rings. The summed E-state index contributed by atoms with van der Waals surface area (Å²) >= 11 is 10.8. The number of anilines is 1. The summed E-state index contributed by atoms with van der Waals surface area (Å²) < 4.78 is 19.9. The van der Waals surface area contributed by atoms with E-state index in [1.165, 1.54) is 22.7 Å². The fourth-order valence-corrected chi connectivity index (χ4v) is 4.64. The zero-order valence-corrected chi connectivity index (χ0v) is 17.5. The molecule has 1 aliphatic rings. The number of fused-ring (bicyclic) bond motifs is 1. The molecular formula is C19H16BrClFNO3S. The Kier molecular flexibility index (Phi) is 6.44. The molecule has 142 valence electrons. The Morgan fingerprint density at radius 3 is 2.85 bits per heavy atom. The number of esters is 1. The van der Waals surface area contributed by atoms with Crippen molar-refractivity contribution in [2.24, 2.45) is 0 Å². The van der Waals surface area contributed by atoms with Gasteiger partial charge in [0.25, 0.3) is 0 Å². The average Bonchev–Trinajstić information content (AvgIpc) is 2.61. The molecule has 0 saturated carbocycles. The van der Waals surface area contributed by atoms with E-state index in [1.54, 1.807) is 37.3 Å².